The van der Waals surface area contributed by atoms with Gasteiger partial charge in [-0.15, -0.1) is 7.92 Å². The Hall–Kier alpha value is 0.440. The predicted octanol–water partition coefficient (Wildman–Crippen LogP) is 3.31. The van der Waals surface area contributed by atoms with Crippen LogP contribution in [-0.2, 0) is 4.43 Å². The molecule has 0 saturated heterocycles. The van der Waals surface area contributed by atoms with Crippen LogP contribution >= 0.6 is 30.5 Å². The molecule has 11 heavy (non-hydrogen) atoms. The number of nitrogens with one attached hydrogen (secondary N) is 1. The lowest BCUT2D eigenvalue weighted by Gasteiger charge is -1.81. The molecular formula is C8H15INP. The van der Waals surface area contributed by atoms with Gasteiger partial charge in [0.05, 0.1) is 0 Å². The van der Waals surface area contributed by atoms with E-state index in [0.717, 1.165) is 4.43 Å². The van der Waals surface area contributed by atoms with E-state index in [0.29, 0.717) is 7.92 Å². The zero-order valence-corrected chi connectivity index (χ0v) is 10.3. The minimum Gasteiger partial charge on any atom is -0.364 e. The fraction of sp³-hybridized carbons (Fsp3) is 0.500. The highest BCUT2D eigenvalue weighted by Gasteiger charge is 1.82. The van der Waals surface area contributed by atoms with E-state index >= 15 is 0 Å². The van der Waals surface area contributed by atoms with Gasteiger partial charge in [0.15, 0.2) is 0 Å². The number of H-pyrrole nitrogens is 1. The summed E-state index contributed by atoms with van der Waals surface area (Å²) in [4.78, 5) is 3.08. The molecule has 0 unspecified atom stereocenters. The first kappa shape index (κ1) is 11.4. The molecule has 1 nitrogen and oxygen atoms in total. The number of halogens is 1. The fourth-order valence-electron chi connectivity index (χ4n) is 0.451. The minimum absolute atomic E-state index is 0.380. The molecule has 0 atom stereocenters. The van der Waals surface area contributed by atoms with Gasteiger partial charge in [-0.2, -0.15) is 0 Å². The fourth-order valence-corrected chi connectivity index (χ4v) is 0.925. The summed E-state index contributed by atoms with van der Waals surface area (Å²) in [5.41, 5.74) is 1.29. The summed E-state index contributed by atoms with van der Waals surface area (Å²) in [5, 5.41) is 0. The van der Waals surface area contributed by atoms with Crippen molar-refractivity contribution in [3.63, 3.8) is 0 Å². The zero-order chi connectivity index (χ0) is 8.69. The van der Waals surface area contributed by atoms with E-state index in [1.54, 1.807) is 0 Å². The van der Waals surface area contributed by atoms with E-state index in [9.17, 15) is 0 Å². The van der Waals surface area contributed by atoms with E-state index in [1.165, 1.54) is 5.69 Å². The molecule has 1 aromatic rings. The Morgan fingerprint density at radius 1 is 1.45 bits per heavy atom. The third-order valence-corrected chi connectivity index (χ3v) is 1.63. The molecule has 0 saturated carbocycles. The SMILES string of the molecule is CP(C)C.ICc1ccc[nH]1. The van der Waals surface area contributed by atoms with Crippen molar-refractivity contribution in [3.8, 4) is 0 Å². The van der Waals surface area contributed by atoms with Crippen molar-refractivity contribution in [2.45, 2.75) is 4.43 Å². The first-order valence-electron chi connectivity index (χ1n) is 3.46. The molecule has 64 valence electrons. The van der Waals surface area contributed by atoms with Gasteiger partial charge in [0.2, 0.25) is 0 Å². The summed E-state index contributed by atoms with van der Waals surface area (Å²) >= 11 is 2.32. The largest absolute Gasteiger partial charge is 0.364 e. The van der Waals surface area contributed by atoms with Crippen molar-refractivity contribution in [2.75, 3.05) is 20.0 Å². The monoisotopic (exact) mass is 283 g/mol. The number of hydrogen-bond donors (Lipinski definition) is 1. The van der Waals surface area contributed by atoms with Gasteiger partial charge in [0, 0.05) is 16.3 Å². The Bertz CT molecular complexity index is 158. The van der Waals surface area contributed by atoms with Crippen molar-refractivity contribution >= 4 is 30.5 Å². The summed E-state index contributed by atoms with van der Waals surface area (Å²) in [6.07, 6.45) is 1.94. The molecule has 1 N–H and O–H groups in total. The molecule has 0 radical (unpaired) electrons. The quantitative estimate of drug-likeness (QED) is 0.462. The molecule has 0 aromatic carbocycles. The highest BCUT2D eigenvalue weighted by atomic mass is 127. The molecule has 0 fully saturated rings. The standard InChI is InChI=1S/C5H6IN.C3H9P/c6-4-5-2-1-3-7-5;1-4(2)3/h1-3,7H,4H2;1-3H3. The molecule has 0 amide bonds. The van der Waals surface area contributed by atoms with Crippen LogP contribution in [0.15, 0.2) is 18.3 Å². The predicted molar refractivity (Wildman–Crippen MR) is 63.2 cm³/mol. The van der Waals surface area contributed by atoms with Crippen LogP contribution in [-0.4, -0.2) is 25.0 Å². The van der Waals surface area contributed by atoms with Gasteiger partial charge < -0.3 is 4.98 Å². The molecule has 0 aliphatic rings. The highest BCUT2D eigenvalue weighted by Crippen LogP contribution is 2.14. The van der Waals surface area contributed by atoms with Crippen LogP contribution in [0.3, 0.4) is 0 Å². The average molecular weight is 283 g/mol. The Balaban J connectivity index is 0.000000218. The second kappa shape index (κ2) is 7.11. The van der Waals surface area contributed by atoms with Crippen LogP contribution < -0.4 is 0 Å². The van der Waals surface area contributed by atoms with Crippen LogP contribution in [0.25, 0.3) is 0 Å². The molecular weight excluding hydrogens is 268 g/mol. The number of aromatic nitrogens is 1. The Kier molecular flexibility index (Phi) is 7.39. The normalized spacial score (nSPS) is 9.18. The van der Waals surface area contributed by atoms with Crippen molar-refractivity contribution in [3.05, 3.63) is 24.0 Å². The van der Waals surface area contributed by atoms with Gasteiger partial charge in [-0.05, 0) is 32.1 Å². The maximum absolute atomic E-state index is 3.08. The maximum atomic E-state index is 3.08. The van der Waals surface area contributed by atoms with Crippen molar-refractivity contribution in [2.24, 2.45) is 0 Å². The van der Waals surface area contributed by atoms with Crippen LogP contribution in [0.1, 0.15) is 5.69 Å². The molecule has 3 heteroatoms. The summed E-state index contributed by atoms with van der Waals surface area (Å²) in [7, 11) is 0.380. The molecule has 0 aliphatic carbocycles. The van der Waals surface area contributed by atoms with Crippen LogP contribution in [0, 0.1) is 0 Å². The Labute approximate surface area is 83.9 Å². The van der Waals surface area contributed by atoms with Crippen molar-refractivity contribution in [1.82, 2.24) is 4.98 Å². The second-order valence-electron chi connectivity index (χ2n) is 2.67. The van der Waals surface area contributed by atoms with Crippen LogP contribution in [0.5, 0.6) is 0 Å². The molecule has 1 aromatic heterocycles. The summed E-state index contributed by atoms with van der Waals surface area (Å²) < 4.78 is 1.07. The smallest absolute Gasteiger partial charge is 0.0398 e. The van der Waals surface area contributed by atoms with E-state index in [2.05, 4.69) is 53.6 Å². The molecule has 0 spiro atoms. The molecule has 0 aliphatic heterocycles. The average Bonchev–Trinajstić information content (AvgIpc) is 2.36. The van der Waals surface area contributed by atoms with Gasteiger partial charge in [-0.1, -0.05) is 22.6 Å². The minimum atomic E-state index is 0.380. The van der Waals surface area contributed by atoms with Crippen molar-refractivity contribution < 1.29 is 0 Å². The van der Waals surface area contributed by atoms with Gasteiger partial charge in [0.25, 0.3) is 0 Å². The van der Waals surface area contributed by atoms with Gasteiger partial charge >= 0.3 is 0 Å². The van der Waals surface area contributed by atoms with Crippen molar-refractivity contribution in [1.29, 1.82) is 0 Å². The third-order valence-electron chi connectivity index (χ3n) is 0.806. The Morgan fingerprint density at radius 2 is 2.00 bits per heavy atom. The molecule has 1 rings (SSSR count). The zero-order valence-electron chi connectivity index (χ0n) is 7.26. The van der Waals surface area contributed by atoms with E-state index in [-0.39, 0.29) is 0 Å². The number of aromatic amines is 1. The van der Waals surface area contributed by atoms with E-state index in [4.69, 9.17) is 0 Å². The van der Waals surface area contributed by atoms with E-state index < -0.39 is 0 Å². The third kappa shape index (κ3) is 8.35. The second-order valence-corrected chi connectivity index (χ2v) is 6.12. The summed E-state index contributed by atoms with van der Waals surface area (Å²) in [5.74, 6) is 0. The maximum Gasteiger partial charge on any atom is 0.0398 e. The van der Waals surface area contributed by atoms with Gasteiger partial charge in [-0.25, -0.2) is 0 Å². The topological polar surface area (TPSA) is 15.8 Å². The summed E-state index contributed by atoms with van der Waals surface area (Å²) in [6, 6.07) is 4.08. The van der Waals surface area contributed by atoms with Gasteiger partial charge in [0.1, 0.15) is 0 Å². The molecule has 0 bridgehead atoms. The van der Waals surface area contributed by atoms with Crippen LogP contribution in [0.4, 0.5) is 0 Å². The molecule has 1 heterocycles. The van der Waals surface area contributed by atoms with E-state index in [1.807, 2.05) is 12.3 Å². The lowest BCUT2D eigenvalue weighted by Crippen LogP contribution is -1.69. The number of hydrogen-bond acceptors (Lipinski definition) is 0. The summed E-state index contributed by atoms with van der Waals surface area (Å²) in [6.45, 7) is 6.69. The van der Waals surface area contributed by atoms with Gasteiger partial charge in [-0.3, -0.25) is 0 Å². The lowest BCUT2D eigenvalue weighted by molar-refractivity contribution is 1.26. The number of rotatable bonds is 1. The number of alkyl halides is 1. The highest BCUT2D eigenvalue weighted by molar-refractivity contribution is 14.1. The lowest BCUT2D eigenvalue weighted by atomic mass is 10.5. The first-order chi connectivity index (χ1) is 5.16. The van der Waals surface area contributed by atoms with Crippen LogP contribution in [0.2, 0.25) is 0 Å². The Morgan fingerprint density at radius 3 is 2.18 bits per heavy atom. The first-order valence-corrected chi connectivity index (χ1v) is 7.67.